The fourth-order valence-electron chi connectivity index (χ4n) is 1.67. The van der Waals surface area contributed by atoms with Crippen molar-refractivity contribution in [1.82, 2.24) is 9.55 Å². The van der Waals surface area contributed by atoms with Gasteiger partial charge in [-0.15, -0.1) is 0 Å². The molecule has 1 rings (SSSR count). The number of nitrogens with zero attached hydrogens (tertiary/aromatic N) is 3. The molecule has 1 heterocycles. The topological polar surface area (TPSA) is 58.4 Å². The summed E-state index contributed by atoms with van der Waals surface area (Å²) in [7, 11) is 0. The van der Waals surface area contributed by atoms with Crippen LogP contribution in [0.1, 0.15) is 13.3 Å². The second kappa shape index (κ2) is 6.55. The molecule has 0 spiro atoms. The highest BCUT2D eigenvalue weighted by Gasteiger charge is 2.32. The van der Waals surface area contributed by atoms with Gasteiger partial charge in [0.15, 0.2) is 5.82 Å². The molecule has 0 amide bonds. The van der Waals surface area contributed by atoms with E-state index in [4.69, 9.17) is 5.11 Å². The minimum absolute atomic E-state index is 0.290. The molecule has 0 unspecified atom stereocenters. The summed E-state index contributed by atoms with van der Waals surface area (Å²) in [6, 6.07) is 0. The number of hydrogen-bond acceptors (Lipinski definition) is 4. The number of alkyl halides is 3. The highest BCUT2D eigenvalue weighted by Crippen LogP contribution is 2.18. The lowest BCUT2D eigenvalue weighted by atomic mass is 10.4. The van der Waals surface area contributed by atoms with Crippen LogP contribution in [0.15, 0.2) is 17.2 Å². The zero-order valence-electron chi connectivity index (χ0n) is 10.5. The van der Waals surface area contributed by atoms with E-state index in [1.807, 2.05) is 6.92 Å². The quantitative estimate of drug-likeness (QED) is 0.844. The van der Waals surface area contributed by atoms with Gasteiger partial charge in [0.25, 0.3) is 5.56 Å². The lowest BCUT2D eigenvalue weighted by Gasteiger charge is -2.23. The number of hydrogen-bond donors (Lipinski definition) is 1. The third-order valence-corrected chi connectivity index (χ3v) is 2.40. The van der Waals surface area contributed by atoms with E-state index in [-0.39, 0.29) is 12.4 Å². The molecule has 5 nitrogen and oxygen atoms in total. The molecule has 1 aromatic heterocycles. The summed E-state index contributed by atoms with van der Waals surface area (Å²) >= 11 is 0. The van der Waals surface area contributed by atoms with Gasteiger partial charge in [0.1, 0.15) is 6.54 Å². The molecule has 1 N–H and O–H groups in total. The molecule has 0 bridgehead atoms. The Bertz CT molecular complexity index is 459. The molecule has 19 heavy (non-hydrogen) atoms. The predicted molar refractivity (Wildman–Crippen MR) is 64.1 cm³/mol. The Labute approximate surface area is 108 Å². The fourth-order valence-corrected chi connectivity index (χ4v) is 1.67. The van der Waals surface area contributed by atoms with Gasteiger partial charge in [0, 0.05) is 25.5 Å². The minimum atomic E-state index is -4.46. The van der Waals surface area contributed by atoms with Crippen LogP contribution in [0.2, 0.25) is 0 Å². The first-order valence-corrected chi connectivity index (χ1v) is 5.87. The summed E-state index contributed by atoms with van der Waals surface area (Å²) in [6.45, 7) is 0.171. The molecule has 0 aliphatic heterocycles. The third-order valence-electron chi connectivity index (χ3n) is 2.40. The van der Waals surface area contributed by atoms with Crippen molar-refractivity contribution in [2.75, 3.05) is 24.6 Å². The van der Waals surface area contributed by atoms with Crippen molar-refractivity contribution < 1.29 is 18.3 Å². The van der Waals surface area contributed by atoms with Crippen LogP contribution in [-0.4, -0.2) is 40.5 Å². The molecule has 1 aromatic rings. The molecule has 0 saturated carbocycles. The van der Waals surface area contributed by atoms with E-state index >= 15 is 0 Å². The minimum Gasteiger partial charge on any atom is -0.395 e. The van der Waals surface area contributed by atoms with Crippen LogP contribution in [0.5, 0.6) is 0 Å². The average Bonchev–Trinajstić information content (AvgIpc) is 2.30. The number of aliphatic hydroxyl groups is 1. The van der Waals surface area contributed by atoms with E-state index in [0.29, 0.717) is 13.0 Å². The van der Waals surface area contributed by atoms with Crippen molar-refractivity contribution in [2.45, 2.75) is 26.1 Å². The SMILES string of the molecule is CCCn1ccnc(N(CCO)CC(F)(F)F)c1=O. The van der Waals surface area contributed by atoms with Gasteiger partial charge in [0.05, 0.1) is 6.61 Å². The first-order chi connectivity index (χ1) is 8.89. The Balaban J connectivity index is 3.08. The highest BCUT2D eigenvalue weighted by atomic mass is 19.4. The van der Waals surface area contributed by atoms with Crippen LogP contribution in [-0.2, 0) is 6.54 Å². The normalized spacial score (nSPS) is 11.6. The van der Waals surface area contributed by atoms with Gasteiger partial charge in [-0.2, -0.15) is 13.2 Å². The maximum atomic E-state index is 12.4. The van der Waals surface area contributed by atoms with Gasteiger partial charge in [-0.1, -0.05) is 6.92 Å². The summed E-state index contributed by atoms with van der Waals surface area (Å²) in [4.78, 5) is 16.4. The number of anilines is 1. The first kappa shape index (κ1) is 15.5. The molecule has 0 aliphatic carbocycles. The standard InChI is InChI=1S/C11H16F3N3O2/c1-2-4-16-5-3-15-9(10(16)19)17(6-7-18)8-11(12,13)14/h3,5,18H,2,4,6-8H2,1H3. The van der Waals surface area contributed by atoms with E-state index in [0.717, 1.165) is 4.90 Å². The maximum absolute atomic E-state index is 12.4. The summed E-state index contributed by atoms with van der Waals surface area (Å²) in [6.07, 6.45) is -1.06. The number of aryl methyl sites for hydroxylation is 1. The van der Waals surface area contributed by atoms with E-state index < -0.39 is 24.9 Å². The Morgan fingerprint density at radius 2 is 2.16 bits per heavy atom. The molecular formula is C11H16F3N3O2. The van der Waals surface area contributed by atoms with Crippen LogP contribution < -0.4 is 10.5 Å². The summed E-state index contributed by atoms with van der Waals surface area (Å²) in [5, 5.41) is 8.81. The van der Waals surface area contributed by atoms with Crippen molar-refractivity contribution in [2.24, 2.45) is 0 Å². The molecule has 0 fully saturated rings. The van der Waals surface area contributed by atoms with E-state index in [2.05, 4.69) is 4.98 Å². The molecular weight excluding hydrogens is 263 g/mol. The lowest BCUT2D eigenvalue weighted by Crippen LogP contribution is -2.41. The highest BCUT2D eigenvalue weighted by molar-refractivity contribution is 5.35. The van der Waals surface area contributed by atoms with E-state index in [1.165, 1.54) is 17.0 Å². The van der Waals surface area contributed by atoms with Gasteiger partial charge in [-0.3, -0.25) is 4.79 Å². The van der Waals surface area contributed by atoms with Crippen molar-refractivity contribution in [3.63, 3.8) is 0 Å². The number of rotatable bonds is 6. The van der Waals surface area contributed by atoms with Gasteiger partial charge in [0.2, 0.25) is 0 Å². The van der Waals surface area contributed by atoms with Crippen molar-refractivity contribution in [3.8, 4) is 0 Å². The zero-order chi connectivity index (χ0) is 14.5. The van der Waals surface area contributed by atoms with Crippen LogP contribution in [0.3, 0.4) is 0 Å². The Morgan fingerprint density at radius 1 is 1.47 bits per heavy atom. The van der Waals surface area contributed by atoms with Gasteiger partial charge in [-0.25, -0.2) is 4.98 Å². The second-order valence-electron chi connectivity index (χ2n) is 4.01. The summed E-state index contributed by atoms with van der Waals surface area (Å²) < 4.78 is 38.6. The number of aromatic nitrogens is 2. The monoisotopic (exact) mass is 279 g/mol. The average molecular weight is 279 g/mol. The van der Waals surface area contributed by atoms with Crippen molar-refractivity contribution in [1.29, 1.82) is 0 Å². The Hall–Kier alpha value is -1.57. The smallest absolute Gasteiger partial charge is 0.395 e. The first-order valence-electron chi connectivity index (χ1n) is 5.87. The van der Waals surface area contributed by atoms with E-state index in [1.54, 1.807) is 0 Å². The van der Waals surface area contributed by atoms with Crippen molar-refractivity contribution in [3.05, 3.63) is 22.7 Å². The molecule has 0 radical (unpaired) electrons. The van der Waals surface area contributed by atoms with Crippen molar-refractivity contribution >= 4 is 5.82 Å². The third kappa shape index (κ3) is 4.55. The number of aliphatic hydroxyl groups excluding tert-OH is 1. The molecule has 0 aliphatic rings. The van der Waals surface area contributed by atoms with Gasteiger partial charge >= 0.3 is 6.18 Å². The van der Waals surface area contributed by atoms with E-state index in [9.17, 15) is 18.0 Å². The maximum Gasteiger partial charge on any atom is 0.405 e. The van der Waals surface area contributed by atoms with Crippen LogP contribution in [0.25, 0.3) is 0 Å². The van der Waals surface area contributed by atoms with Gasteiger partial charge in [-0.05, 0) is 6.42 Å². The second-order valence-corrected chi connectivity index (χ2v) is 4.01. The summed E-state index contributed by atoms with van der Waals surface area (Å²) in [5.74, 6) is -0.290. The zero-order valence-corrected chi connectivity index (χ0v) is 10.5. The molecule has 0 saturated heterocycles. The number of halogens is 3. The molecule has 0 aromatic carbocycles. The molecule has 0 atom stereocenters. The van der Waals surface area contributed by atoms with Crippen LogP contribution in [0, 0.1) is 0 Å². The largest absolute Gasteiger partial charge is 0.405 e. The predicted octanol–water partition coefficient (Wildman–Crippen LogP) is 1.01. The van der Waals surface area contributed by atoms with Crippen LogP contribution >= 0.6 is 0 Å². The fraction of sp³-hybridized carbons (Fsp3) is 0.636. The summed E-state index contributed by atoms with van der Waals surface area (Å²) in [5.41, 5.74) is -0.581. The molecule has 108 valence electrons. The van der Waals surface area contributed by atoms with Crippen LogP contribution in [0.4, 0.5) is 19.0 Å². The van der Waals surface area contributed by atoms with Gasteiger partial charge < -0.3 is 14.6 Å². The molecule has 8 heteroatoms. The Kier molecular flexibility index (Phi) is 5.34. The Morgan fingerprint density at radius 3 is 2.68 bits per heavy atom. The lowest BCUT2D eigenvalue weighted by molar-refractivity contribution is -0.120.